The van der Waals surface area contributed by atoms with E-state index in [-0.39, 0.29) is 17.8 Å². The molecule has 0 spiro atoms. The number of hydroxylamine groups is 1. The van der Waals surface area contributed by atoms with Crippen molar-refractivity contribution < 1.29 is 42.1 Å². The number of carbonyl (C=O) groups excluding carboxylic acids is 1. The number of ether oxygens (including phenoxy) is 3. The van der Waals surface area contributed by atoms with Gasteiger partial charge in [-0.05, 0) is 49.8 Å². The number of piperidine rings is 1. The van der Waals surface area contributed by atoms with Crippen LogP contribution in [-0.4, -0.2) is 60.3 Å². The standard InChI is InChI=1S/C24H35F3N2O6S/c1-2-3-4-15-33-35-28-22(30)23(11-16-31-17-12-23)36-29-13-9-20(10-14-29)32-18-19-5-7-21(8-6-19)34-24(25,26)27/h5-8,20H,2-4,9-18H2,1H3,(H,28,30). The van der Waals surface area contributed by atoms with Crippen LogP contribution in [0, 0.1) is 0 Å². The van der Waals surface area contributed by atoms with Gasteiger partial charge in [0.25, 0.3) is 5.91 Å². The number of alkyl halides is 3. The molecule has 1 amide bonds. The lowest BCUT2D eigenvalue weighted by Gasteiger charge is -2.40. The summed E-state index contributed by atoms with van der Waals surface area (Å²) < 4.78 is 53.8. The van der Waals surface area contributed by atoms with Crippen molar-refractivity contribution in [1.29, 1.82) is 0 Å². The molecule has 8 nitrogen and oxygen atoms in total. The van der Waals surface area contributed by atoms with E-state index in [0.29, 0.717) is 39.3 Å². The minimum atomic E-state index is -4.71. The number of rotatable bonds is 13. The zero-order valence-corrected chi connectivity index (χ0v) is 21.3. The summed E-state index contributed by atoms with van der Waals surface area (Å²) >= 11 is 1.54. The lowest BCUT2D eigenvalue weighted by molar-refractivity contribution is -0.329. The maximum absolute atomic E-state index is 13.0. The van der Waals surface area contributed by atoms with Gasteiger partial charge in [0.2, 0.25) is 0 Å². The van der Waals surface area contributed by atoms with Gasteiger partial charge in [-0.2, -0.15) is 0 Å². The second kappa shape index (κ2) is 14.4. The van der Waals surface area contributed by atoms with E-state index in [4.69, 9.17) is 19.3 Å². The van der Waals surface area contributed by atoms with E-state index in [1.165, 1.54) is 24.1 Å². The van der Waals surface area contributed by atoms with E-state index in [2.05, 4.69) is 21.4 Å². The van der Waals surface area contributed by atoms with E-state index < -0.39 is 11.1 Å². The van der Waals surface area contributed by atoms with Crippen LogP contribution in [0.1, 0.15) is 57.4 Å². The molecule has 1 aromatic carbocycles. The normalized spacial score (nSPS) is 19.2. The van der Waals surface area contributed by atoms with Gasteiger partial charge < -0.3 is 14.2 Å². The summed E-state index contributed by atoms with van der Waals surface area (Å²) in [5.74, 6) is -0.473. The van der Waals surface area contributed by atoms with Crippen molar-refractivity contribution >= 4 is 17.9 Å². The third kappa shape index (κ3) is 9.71. The average molecular weight is 537 g/mol. The van der Waals surface area contributed by atoms with Gasteiger partial charge in [-0.3, -0.25) is 4.79 Å². The fourth-order valence-electron chi connectivity index (χ4n) is 4.01. The highest BCUT2D eigenvalue weighted by atomic mass is 32.2. The number of unbranched alkanes of at least 4 members (excludes halogenated alkanes) is 2. The van der Waals surface area contributed by atoms with Crippen molar-refractivity contribution in [3.8, 4) is 5.75 Å². The van der Waals surface area contributed by atoms with Gasteiger partial charge in [-0.25, -0.2) is 14.7 Å². The van der Waals surface area contributed by atoms with Gasteiger partial charge in [0, 0.05) is 26.3 Å². The number of benzene rings is 1. The molecule has 0 bridgehead atoms. The Labute approximate surface area is 214 Å². The Morgan fingerprint density at radius 2 is 1.86 bits per heavy atom. The number of carbonyl (C=O) groups is 1. The van der Waals surface area contributed by atoms with Crippen LogP contribution in [0.15, 0.2) is 24.3 Å². The summed E-state index contributed by atoms with van der Waals surface area (Å²) in [4.78, 5) is 23.0. The summed E-state index contributed by atoms with van der Waals surface area (Å²) in [6.07, 6.45) is 1.04. The maximum atomic E-state index is 13.0. The van der Waals surface area contributed by atoms with Crippen LogP contribution in [0.2, 0.25) is 0 Å². The SMILES string of the molecule is CCCCCOONC(=O)C1(SN2CCC(OCc3ccc(OC(F)(F)F)cc3)CC2)CCOCC1. The molecule has 0 radical (unpaired) electrons. The summed E-state index contributed by atoms with van der Waals surface area (Å²) in [5, 5.41) is 0. The Morgan fingerprint density at radius 1 is 1.17 bits per heavy atom. The van der Waals surface area contributed by atoms with Gasteiger partial charge in [-0.15, -0.1) is 18.2 Å². The van der Waals surface area contributed by atoms with Crippen LogP contribution < -0.4 is 10.2 Å². The molecule has 2 fully saturated rings. The Morgan fingerprint density at radius 3 is 2.50 bits per heavy atom. The zero-order valence-electron chi connectivity index (χ0n) is 20.5. The summed E-state index contributed by atoms with van der Waals surface area (Å²) in [7, 11) is 0. The topological polar surface area (TPSA) is 78.5 Å². The van der Waals surface area contributed by atoms with Crippen LogP contribution >= 0.6 is 11.9 Å². The number of hydrogen-bond acceptors (Lipinski definition) is 8. The Kier molecular flexibility index (Phi) is 11.6. The van der Waals surface area contributed by atoms with Crippen LogP contribution in [0.4, 0.5) is 13.2 Å². The molecule has 2 saturated heterocycles. The molecule has 3 rings (SSSR count). The molecule has 0 aliphatic carbocycles. The molecule has 0 atom stereocenters. The first-order chi connectivity index (χ1) is 17.3. The van der Waals surface area contributed by atoms with Crippen molar-refractivity contribution in [2.24, 2.45) is 0 Å². The fourth-order valence-corrected chi connectivity index (χ4v) is 5.37. The number of nitrogens with one attached hydrogen (secondary N) is 1. The first kappa shape index (κ1) is 29.0. The largest absolute Gasteiger partial charge is 0.573 e. The zero-order chi connectivity index (χ0) is 25.9. The van der Waals surface area contributed by atoms with E-state index in [9.17, 15) is 18.0 Å². The highest BCUT2D eigenvalue weighted by Crippen LogP contribution is 2.39. The first-order valence-corrected chi connectivity index (χ1v) is 13.1. The molecular weight excluding hydrogens is 501 g/mol. The molecule has 0 unspecified atom stereocenters. The predicted molar refractivity (Wildman–Crippen MR) is 128 cm³/mol. The summed E-state index contributed by atoms with van der Waals surface area (Å²) in [6, 6.07) is 5.69. The summed E-state index contributed by atoms with van der Waals surface area (Å²) in [5.41, 5.74) is 3.24. The second-order valence-electron chi connectivity index (χ2n) is 8.87. The van der Waals surface area contributed by atoms with E-state index in [0.717, 1.165) is 50.8 Å². The molecule has 2 aliphatic heterocycles. The van der Waals surface area contributed by atoms with Crippen LogP contribution in [-0.2, 0) is 30.8 Å². The molecule has 1 N–H and O–H groups in total. The van der Waals surface area contributed by atoms with Crippen LogP contribution in [0.25, 0.3) is 0 Å². The van der Waals surface area contributed by atoms with Crippen LogP contribution in [0.5, 0.6) is 5.75 Å². The van der Waals surface area contributed by atoms with Gasteiger partial charge in [0.05, 0.1) is 19.3 Å². The smallest absolute Gasteiger partial charge is 0.406 e. The maximum Gasteiger partial charge on any atom is 0.573 e. The van der Waals surface area contributed by atoms with Crippen molar-refractivity contribution in [3.05, 3.63) is 29.8 Å². The van der Waals surface area contributed by atoms with Crippen molar-refractivity contribution in [2.75, 3.05) is 32.9 Å². The number of amides is 1. The monoisotopic (exact) mass is 536 g/mol. The average Bonchev–Trinajstić information content (AvgIpc) is 2.86. The molecule has 204 valence electrons. The summed E-state index contributed by atoms with van der Waals surface area (Å²) in [6.45, 7) is 5.34. The number of halogens is 3. The molecule has 12 heteroatoms. The molecule has 2 aliphatic rings. The lowest BCUT2D eigenvalue weighted by Crippen LogP contribution is -2.50. The molecule has 0 saturated carbocycles. The van der Waals surface area contributed by atoms with Crippen molar-refractivity contribution in [3.63, 3.8) is 0 Å². The van der Waals surface area contributed by atoms with Crippen molar-refractivity contribution in [2.45, 2.75) is 75.7 Å². The minimum absolute atomic E-state index is 0.0345. The molecule has 2 heterocycles. The van der Waals surface area contributed by atoms with Crippen LogP contribution in [0.3, 0.4) is 0 Å². The molecule has 36 heavy (non-hydrogen) atoms. The first-order valence-electron chi connectivity index (χ1n) is 12.4. The van der Waals surface area contributed by atoms with Crippen molar-refractivity contribution in [1.82, 2.24) is 9.79 Å². The van der Waals surface area contributed by atoms with E-state index >= 15 is 0 Å². The highest BCUT2D eigenvalue weighted by Gasteiger charge is 2.44. The van der Waals surface area contributed by atoms with Gasteiger partial charge in [-0.1, -0.05) is 43.8 Å². The second-order valence-corrected chi connectivity index (χ2v) is 10.4. The minimum Gasteiger partial charge on any atom is -0.406 e. The lowest BCUT2D eigenvalue weighted by atomic mass is 9.98. The number of hydrogen-bond donors (Lipinski definition) is 1. The van der Waals surface area contributed by atoms with Gasteiger partial charge in [0.15, 0.2) is 0 Å². The Hall–Kier alpha value is -1.57. The van der Waals surface area contributed by atoms with Gasteiger partial charge >= 0.3 is 6.36 Å². The van der Waals surface area contributed by atoms with E-state index in [1.807, 2.05) is 0 Å². The third-order valence-electron chi connectivity index (χ3n) is 6.09. The Bertz CT molecular complexity index is 785. The quantitative estimate of drug-likeness (QED) is 0.165. The molecule has 1 aromatic rings. The van der Waals surface area contributed by atoms with Gasteiger partial charge in [0.1, 0.15) is 10.5 Å². The molecular formula is C24H35F3N2O6S. The number of nitrogens with zero attached hydrogens (tertiary/aromatic N) is 1. The third-order valence-corrected chi connectivity index (χ3v) is 7.65. The highest BCUT2D eigenvalue weighted by molar-refractivity contribution is 7.99. The predicted octanol–water partition coefficient (Wildman–Crippen LogP) is 4.93. The van der Waals surface area contributed by atoms with E-state index in [1.54, 1.807) is 12.1 Å². The fraction of sp³-hybridized carbons (Fsp3) is 0.708. The Balaban J connectivity index is 1.41. The molecule has 0 aromatic heterocycles.